The normalized spacial score (nSPS) is 18.9. The van der Waals surface area contributed by atoms with Crippen LogP contribution in [-0.4, -0.2) is 28.8 Å². The molecule has 90 valence electrons. The van der Waals surface area contributed by atoms with Gasteiger partial charge in [-0.3, -0.25) is 0 Å². The second-order valence-electron chi connectivity index (χ2n) is 4.83. The fourth-order valence-electron chi connectivity index (χ4n) is 2.35. The number of aromatic nitrogens is 2. The first-order valence-corrected chi connectivity index (χ1v) is 6.02. The molecule has 0 amide bonds. The summed E-state index contributed by atoms with van der Waals surface area (Å²) >= 11 is 0. The van der Waals surface area contributed by atoms with E-state index in [1.54, 1.807) is 7.11 Å². The summed E-state index contributed by atoms with van der Waals surface area (Å²) in [4.78, 5) is 4.37. The van der Waals surface area contributed by atoms with Gasteiger partial charge in [-0.25, -0.2) is 4.98 Å². The number of anilines is 1. The van der Waals surface area contributed by atoms with Crippen LogP contribution >= 0.6 is 0 Å². The van der Waals surface area contributed by atoms with Gasteiger partial charge in [-0.1, -0.05) is 12.8 Å². The van der Waals surface area contributed by atoms with Crippen molar-refractivity contribution in [1.29, 1.82) is 0 Å². The Morgan fingerprint density at radius 1 is 1.50 bits per heavy atom. The molecule has 0 saturated heterocycles. The minimum absolute atomic E-state index is 0.232. The lowest BCUT2D eigenvalue weighted by Gasteiger charge is -2.26. The molecule has 1 aromatic heterocycles. The Hall–Kier alpha value is -1.03. The number of imidazole rings is 1. The highest BCUT2D eigenvalue weighted by atomic mass is 16.5. The van der Waals surface area contributed by atoms with Gasteiger partial charge in [0.15, 0.2) is 0 Å². The third-order valence-electron chi connectivity index (χ3n) is 3.37. The average Bonchev–Trinajstić information content (AvgIpc) is 2.86. The first-order valence-electron chi connectivity index (χ1n) is 6.02. The van der Waals surface area contributed by atoms with Gasteiger partial charge in [0.05, 0.1) is 6.61 Å². The molecule has 1 aliphatic carbocycles. The average molecular weight is 223 g/mol. The molecule has 0 radical (unpaired) electrons. The monoisotopic (exact) mass is 223 g/mol. The van der Waals surface area contributed by atoms with Gasteiger partial charge in [0.25, 0.3) is 0 Å². The number of hydrogen-bond acceptors (Lipinski definition) is 3. The van der Waals surface area contributed by atoms with Crippen molar-refractivity contribution in [2.24, 2.45) is 0 Å². The van der Waals surface area contributed by atoms with Crippen LogP contribution in [0.5, 0.6) is 0 Å². The molecule has 2 rings (SSSR count). The highest BCUT2D eigenvalue weighted by Crippen LogP contribution is 2.31. The first kappa shape index (κ1) is 11.5. The largest absolute Gasteiger partial charge is 0.383 e. The molecule has 0 bridgehead atoms. The molecule has 1 saturated carbocycles. The number of rotatable bonds is 5. The topological polar surface area (TPSA) is 39.1 Å². The van der Waals surface area contributed by atoms with Crippen LogP contribution in [0.3, 0.4) is 0 Å². The molecule has 0 atom stereocenters. The maximum absolute atomic E-state index is 5.09. The van der Waals surface area contributed by atoms with Crippen molar-refractivity contribution in [1.82, 2.24) is 9.55 Å². The lowest BCUT2D eigenvalue weighted by molar-refractivity contribution is 0.187. The molecular formula is C12H21N3O. The Kier molecular flexibility index (Phi) is 3.49. The van der Waals surface area contributed by atoms with Crippen molar-refractivity contribution in [2.75, 3.05) is 19.0 Å². The number of nitrogens with zero attached hydrogens (tertiary/aromatic N) is 2. The molecule has 1 aliphatic rings. The smallest absolute Gasteiger partial charge is 0.203 e. The van der Waals surface area contributed by atoms with E-state index in [4.69, 9.17) is 4.74 Å². The molecule has 1 heterocycles. The number of ether oxygens (including phenoxy) is 1. The minimum atomic E-state index is 0.232. The van der Waals surface area contributed by atoms with E-state index in [-0.39, 0.29) is 5.54 Å². The highest BCUT2D eigenvalue weighted by Gasteiger charge is 2.29. The van der Waals surface area contributed by atoms with Crippen molar-refractivity contribution in [3.63, 3.8) is 0 Å². The Labute approximate surface area is 97.0 Å². The lowest BCUT2D eigenvalue weighted by Crippen LogP contribution is -2.32. The summed E-state index contributed by atoms with van der Waals surface area (Å²) in [6, 6.07) is 0. The van der Waals surface area contributed by atoms with Crippen LogP contribution in [0.4, 0.5) is 5.95 Å². The third-order valence-corrected chi connectivity index (χ3v) is 3.37. The predicted octanol–water partition coefficient (Wildman–Crippen LogP) is 2.27. The van der Waals surface area contributed by atoms with Crippen molar-refractivity contribution in [2.45, 2.75) is 44.7 Å². The van der Waals surface area contributed by atoms with E-state index in [9.17, 15) is 0 Å². The van der Waals surface area contributed by atoms with Crippen LogP contribution in [0.2, 0.25) is 0 Å². The molecule has 4 nitrogen and oxygen atoms in total. The van der Waals surface area contributed by atoms with E-state index in [1.807, 2.05) is 12.4 Å². The van der Waals surface area contributed by atoms with Crippen LogP contribution in [-0.2, 0) is 11.3 Å². The van der Waals surface area contributed by atoms with Crippen LogP contribution < -0.4 is 5.32 Å². The first-order chi connectivity index (χ1) is 7.73. The van der Waals surface area contributed by atoms with Gasteiger partial charge in [-0.05, 0) is 19.8 Å². The number of hydrogen-bond donors (Lipinski definition) is 1. The molecule has 1 N–H and O–H groups in total. The Balaban J connectivity index is 2.00. The van der Waals surface area contributed by atoms with Crippen molar-refractivity contribution < 1.29 is 4.74 Å². The summed E-state index contributed by atoms with van der Waals surface area (Å²) in [6.45, 7) is 3.87. The van der Waals surface area contributed by atoms with Gasteiger partial charge in [0.1, 0.15) is 0 Å². The maximum Gasteiger partial charge on any atom is 0.203 e. The van der Waals surface area contributed by atoms with Gasteiger partial charge in [-0.2, -0.15) is 0 Å². The Morgan fingerprint density at radius 3 is 2.94 bits per heavy atom. The summed E-state index contributed by atoms with van der Waals surface area (Å²) in [6.07, 6.45) is 8.97. The molecule has 0 aliphatic heterocycles. The summed E-state index contributed by atoms with van der Waals surface area (Å²) < 4.78 is 7.21. The predicted molar refractivity (Wildman–Crippen MR) is 64.6 cm³/mol. The standard InChI is InChI=1S/C12H21N3O/c1-12(5-3-4-6-12)14-11-13-7-8-15(11)9-10-16-2/h7-8H,3-6,9-10H2,1-2H3,(H,13,14). The van der Waals surface area contributed by atoms with Crippen molar-refractivity contribution in [3.8, 4) is 0 Å². The Morgan fingerprint density at radius 2 is 2.25 bits per heavy atom. The van der Waals surface area contributed by atoms with E-state index in [0.717, 1.165) is 19.1 Å². The van der Waals surface area contributed by atoms with E-state index in [2.05, 4.69) is 21.8 Å². The zero-order valence-electron chi connectivity index (χ0n) is 10.2. The van der Waals surface area contributed by atoms with Gasteiger partial charge < -0.3 is 14.6 Å². The zero-order valence-corrected chi connectivity index (χ0v) is 10.2. The number of nitrogens with one attached hydrogen (secondary N) is 1. The SMILES string of the molecule is COCCn1ccnc1NC1(C)CCCC1. The van der Waals surface area contributed by atoms with Crippen LogP contribution in [0.15, 0.2) is 12.4 Å². The van der Waals surface area contributed by atoms with E-state index < -0.39 is 0 Å². The zero-order chi connectivity index (χ0) is 11.4. The van der Waals surface area contributed by atoms with E-state index in [1.165, 1.54) is 25.7 Å². The molecule has 16 heavy (non-hydrogen) atoms. The molecule has 0 unspecified atom stereocenters. The molecule has 1 fully saturated rings. The summed E-state index contributed by atoms with van der Waals surface area (Å²) in [5.41, 5.74) is 0.232. The highest BCUT2D eigenvalue weighted by molar-refractivity contribution is 5.31. The second kappa shape index (κ2) is 4.87. The Bertz CT molecular complexity index is 329. The quantitative estimate of drug-likeness (QED) is 0.832. The number of methoxy groups -OCH3 is 1. The van der Waals surface area contributed by atoms with E-state index >= 15 is 0 Å². The molecular weight excluding hydrogens is 202 g/mol. The lowest BCUT2D eigenvalue weighted by atomic mass is 10.0. The maximum atomic E-state index is 5.09. The van der Waals surface area contributed by atoms with Crippen LogP contribution in [0.1, 0.15) is 32.6 Å². The van der Waals surface area contributed by atoms with Crippen molar-refractivity contribution >= 4 is 5.95 Å². The van der Waals surface area contributed by atoms with Gasteiger partial charge >= 0.3 is 0 Å². The summed E-state index contributed by atoms with van der Waals surface area (Å²) in [5, 5.41) is 3.57. The summed E-state index contributed by atoms with van der Waals surface area (Å²) in [5.74, 6) is 0.974. The van der Waals surface area contributed by atoms with E-state index in [0.29, 0.717) is 0 Å². The molecule has 1 aromatic rings. The van der Waals surface area contributed by atoms with Gasteiger partial charge in [0, 0.05) is 31.6 Å². The molecule has 0 aromatic carbocycles. The third kappa shape index (κ3) is 2.55. The van der Waals surface area contributed by atoms with Crippen LogP contribution in [0, 0.1) is 0 Å². The fourth-order valence-corrected chi connectivity index (χ4v) is 2.35. The van der Waals surface area contributed by atoms with Crippen LogP contribution in [0.25, 0.3) is 0 Å². The minimum Gasteiger partial charge on any atom is -0.383 e. The molecule has 0 spiro atoms. The van der Waals surface area contributed by atoms with Crippen molar-refractivity contribution in [3.05, 3.63) is 12.4 Å². The van der Waals surface area contributed by atoms with Gasteiger partial charge in [0.2, 0.25) is 5.95 Å². The van der Waals surface area contributed by atoms with Gasteiger partial charge in [-0.15, -0.1) is 0 Å². The fraction of sp³-hybridized carbons (Fsp3) is 0.750. The summed E-state index contributed by atoms with van der Waals surface area (Å²) in [7, 11) is 1.72. The second-order valence-corrected chi connectivity index (χ2v) is 4.83. The molecule has 4 heteroatoms.